The molecule has 0 bridgehead atoms. The number of carbonyl (C=O) groups is 1. The maximum absolute atomic E-state index is 11.8. The Balaban J connectivity index is 1.79. The molecule has 1 aliphatic rings. The van der Waals surface area contributed by atoms with Gasteiger partial charge in [0.15, 0.2) is 6.61 Å². The first-order valence-corrected chi connectivity index (χ1v) is 6.64. The van der Waals surface area contributed by atoms with Crippen LogP contribution in [0.15, 0.2) is 24.3 Å². The molecule has 2 atom stereocenters. The van der Waals surface area contributed by atoms with E-state index in [2.05, 4.69) is 10.6 Å². The first kappa shape index (κ1) is 14.6. The number of methoxy groups -OCH3 is 1. The van der Waals surface area contributed by atoms with E-state index in [1.165, 1.54) is 0 Å². The average molecular weight is 280 g/mol. The van der Waals surface area contributed by atoms with Crippen molar-refractivity contribution in [3.05, 3.63) is 24.3 Å². The quantitative estimate of drug-likeness (QED) is 0.702. The number of aliphatic hydroxyl groups is 1. The molecule has 0 saturated carbocycles. The van der Waals surface area contributed by atoms with Crippen molar-refractivity contribution >= 4 is 5.91 Å². The van der Waals surface area contributed by atoms with Gasteiger partial charge in [0.05, 0.1) is 19.3 Å². The van der Waals surface area contributed by atoms with Gasteiger partial charge in [0.1, 0.15) is 11.5 Å². The lowest BCUT2D eigenvalue weighted by molar-refractivity contribution is -0.124. The number of aliphatic hydroxyl groups excluding tert-OH is 1. The SMILES string of the molecule is COc1cccc(OCC(=O)N[C@H]2CNCC[C@H]2O)c1. The maximum Gasteiger partial charge on any atom is 0.258 e. The molecular formula is C14H20N2O4. The fraction of sp³-hybridized carbons (Fsp3) is 0.500. The Kier molecular flexibility index (Phi) is 5.20. The van der Waals surface area contributed by atoms with Crippen LogP contribution in [0.5, 0.6) is 11.5 Å². The zero-order valence-corrected chi connectivity index (χ0v) is 11.5. The molecule has 20 heavy (non-hydrogen) atoms. The zero-order chi connectivity index (χ0) is 14.4. The van der Waals surface area contributed by atoms with Gasteiger partial charge >= 0.3 is 0 Å². The zero-order valence-electron chi connectivity index (χ0n) is 11.5. The molecule has 1 aromatic carbocycles. The van der Waals surface area contributed by atoms with E-state index in [1.807, 2.05) is 0 Å². The predicted octanol–water partition coefficient (Wildman–Crippen LogP) is -0.0870. The molecule has 1 heterocycles. The Morgan fingerprint density at radius 1 is 1.50 bits per heavy atom. The van der Waals surface area contributed by atoms with E-state index in [1.54, 1.807) is 31.4 Å². The van der Waals surface area contributed by atoms with Crippen molar-refractivity contribution < 1.29 is 19.4 Å². The molecule has 0 aliphatic carbocycles. The van der Waals surface area contributed by atoms with Crippen LogP contribution < -0.4 is 20.1 Å². The summed E-state index contributed by atoms with van der Waals surface area (Å²) in [6.45, 7) is 1.26. The third-order valence-electron chi connectivity index (χ3n) is 3.20. The van der Waals surface area contributed by atoms with Crippen LogP contribution >= 0.6 is 0 Å². The highest BCUT2D eigenvalue weighted by atomic mass is 16.5. The summed E-state index contributed by atoms with van der Waals surface area (Å²) in [5.41, 5.74) is 0. The van der Waals surface area contributed by atoms with Gasteiger partial charge in [-0.2, -0.15) is 0 Å². The highest BCUT2D eigenvalue weighted by Crippen LogP contribution is 2.18. The smallest absolute Gasteiger partial charge is 0.258 e. The molecule has 110 valence electrons. The fourth-order valence-corrected chi connectivity index (χ4v) is 2.08. The number of amides is 1. The van der Waals surface area contributed by atoms with Crippen LogP contribution in [0.3, 0.4) is 0 Å². The van der Waals surface area contributed by atoms with Crippen molar-refractivity contribution in [1.82, 2.24) is 10.6 Å². The largest absolute Gasteiger partial charge is 0.497 e. The first-order chi connectivity index (χ1) is 9.69. The lowest BCUT2D eigenvalue weighted by Crippen LogP contribution is -2.54. The monoisotopic (exact) mass is 280 g/mol. The number of piperidine rings is 1. The molecule has 1 aromatic rings. The third kappa shape index (κ3) is 4.11. The summed E-state index contributed by atoms with van der Waals surface area (Å²) < 4.78 is 10.5. The Labute approximate surface area is 118 Å². The number of carbonyl (C=O) groups excluding carboxylic acids is 1. The molecule has 0 spiro atoms. The summed E-state index contributed by atoms with van der Waals surface area (Å²) in [4.78, 5) is 11.8. The molecule has 1 fully saturated rings. The minimum atomic E-state index is -0.503. The molecule has 6 heteroatoms. The molecule has 0 aromatic heterocycles. The van der Waals surface area contributed by atoms with E-state index in [9.17, 15) is 9.90 Å². The van der Waals surface area contributed by atoms with E-state index in [0.29, 0.717) is 24.5 Å². The van der Waals surface area contributed by atoms with Gasteiger partial charge in [-0.15, -0.1) is 0 Å². The van der Waals surface area contributed by atoms with Gasteiger partial charge in [0.2, 0.25) is 0 Å². The van der Waals surface area contributed by atoms with Crippen LogP contribution in [-0.4, -0.2) is 50.0 Å². The Bertz CT molecular complexity index is 453. The van der Waals surface area contributed by atoms with Crippen LogP contribution in [0.4, 0.5) is 0 Å². The van der Waals surface area contributed by atoms with Crippen LogP contribution in [0.1, 0.15) is 6.42 Å². The van der Waals surface area contributed by atoms with Gasteiger partial charge < -0.3 is 25.2 Å². The van der Waals surface area contributed by atoms with Gasteiger partial charge in [-0.25, -0.2) is 0 Å². The summed E-state index contributed by atoms with van der Waals surface area (Å²) in [6.07, 6.45) is 0.138. The van der Waals surface area contributed by atoms with Gasteiger partial charge in [0, 0.05) is 12.6 Å². The summed E-state index contributed by atoms with van der Waals surface area (Å²) >= 11 is 0. The number of nitrogens with one attached hydrogen (secondary N) is 2. The Hall–Kier alpha value is -1.79. The fourth-order valence-electron chi connectivity index (χ4n) is 2.08. The number of rotatable bonds is 5. The molecule has 1 aliphatic heterocycles. The number of hydrogen-bond acceptors (Lipinski definition) is 5. The van der Waals surface area contributed by atoms with Crippen LogP contribution in [0, 0.1) is 0 Å². The van der Waals surface area contributed by atoms with Gasteiger partial charge in [0.25, 0.3) is 5.91 Å². The molecule has 3 N–H and O–H groups in total. The highest BCUT2D eigenvalue weighted by molar-refractivity contribution is 5.78. The van der Waals surface area contributed by atoms with Crippen molar-refractivity contribution in [1.29, 1.82) is 0 Å². The van der Waals surface area contributed by atoms with Crippen molar-refractivity contribution in [2.75, 3.05) is 26.8 Å². The maximum atomic E-state index is 11.8. The van der Waals surface area contributed by atoms with Crippen LogP contribution in [-0.2, 0) is 4.79 Å². The number of benzene rings is 1. The lowest BCUT2D eigenvalue weighted by Gasteiger charge is -2.29. The second-order valence-electron chi connectivity index (χ2n) is 4.70. The second-order valence-corrected chi connectivity index (χ2v) is 4.70. The van der Waals surface area contributed by atoms with Crippen LogP contribution in [0.2, 0.25) is 0 Å². The Morgan fingerprint density at radius 2 is 2.30 bits per heavy atom. The Morgan fingerprint density at radius 3 is 3.05 bits per heavy atom. The van der Waals surface area contributed by atoms with Crippen molar-refractivity contribution in [3.8, 4) is 11.5 Å². The number of hydrogen-bond donors (Lipinski definition) is 3. The summed E-state index contributed by atoms with van der Waals surface area (Å²) in [5.74, 6) is 0.997. The van der Waals surface area contributed by atoms with E-state index >= 15 is 0 Å². The lowest BCUT2D eigenvalue weighted by atomic mass is 10.0. The minimum absolute atomic E-state index is 0.0869. The summed E-state index contributed by atoms with van der Waals surface area (Å²) in [7, 11) is 1.57. The molecule has 1 amide bonds. The van der Waals surface area contributed by atoms with Crippen LogP contribution in [0.25, 0.3) is 0 Å². The molecule has 1 saturated heterocycles. The molecule has 2 rings (SSSR count). The topological polar surface area (TPSA) is 79.8 Å². The van der Waals surface area contributed by atoms with Gasteiger partial charge in [-0.05, 0) is 25.1 Å². The van der Waals surface area contributed by atoms with E-state index < -0.39 is 6.10 Å². The van der Waals surface area contributed by atoms with Crippen molar-refractivity contribution in [3.63, 3.8) is 0 Å². The summed E-state index contributed by atoms with van der Waals surface area (Å²) in [6, 6.07) is 6.81. The first-order valence-electron chi connectivity index (χ1n) is 6.64. The standard InChI is InChI=1S/C14H20N2O4/c1-19-10-3-2-4-11(7-10)20-9-14(18)16-12-8-15-6-5-13(12)17/h2-4,7,12-13,15,17H,5-6,8-9H2,1H3,(H,16,18)/t12-,13+/m0/s1. The number of ether oxygens (including phenoxy) is 2. The molecule has 6 nitrogen and oxygen atoms in total. The highest BCUT2D eigenvalue weighted by Gasteiger charge is 2.24. The average Bonchev–Trinajstić information content (AvgIpc) is 2.48. The molecular weight excluding hydrogens is 260 g/mol. The summed E-state index contributed by atoms with van der Waals surface area (Å²) in [5, 5.41) is 15.6. The normalized spacial score (nSPS) is 22.1. The van der Waals surface area contributed by atoms with Crippen molar-refractivity contribution in [2.24, 2.45) is 0 Å². The van der Waals surface area contributed by atoms with E-state index in [-0.39, 0.29) is 18.6 Å². The third-order valence-corrected chi connectivity index (χ3v) is 3.20. The minimum Gasteiger partial charge on any atom is -0.497 e. The van der Waals surface area contributed by atoms with E-state index in [0.717, 1.165) is 6.54 Å². The second kappa shape index (κ2) is 7.12. The van der Waals surface area contributed by atoms with Gasteiger partial charge in [-0.1, -0.05) is 6.07 Å². The van der Waals surface area contributed by atoms with Crippen molar-refractivity contribution in [2.45, 2.75) is 18.6 Å². The van der Waals surface area contributed by atoms with Gasteiger partial charge in [-0.3, -0.25) is 4.79 Å². The predicted molar refractivity (Wildman–Crippen MR) is 73.9 cm³/mol. The van der Waals surface area contributed by atoms with E-state index in [4.69, 9.17) is 9.47 Å². The molecule has 0 unspecified atom stereocenters. The molecule has 0 radical (unpaired) electrons.